The first-order valence-corrected chi connectivity index (χ1v) is 8.48. The normalized spacial score (nSPS) is 18.0. The van der Waals surface area contributed by atoms with Crippen LogP contribution in [0, 0.1) is 6.92 Å². The summed E-state index contributed by atoms with van der Waals surface area (Å²) >= 11 is 3.45. The Morgan fingerprint density at radius 2 is 2.26 bits per heavy atom. The first-order chi connectivity index (χ1) is 11.0. The maximum Gasteiger partial charge on any atom is 0.271 e. The van der Waals surface area contributed by atoms with E-state index in [0.717, 1.165) is 41.8 Å². The van der Waals surface area contributed by atoms with Crippen molar-refractivity contribution in [1.29, 1.82) is 0 Å². The number of nitrogens with one attached hydrogen (secondary N) is 1. The number of piperidine rings is 1. The van der Waals surface area contributed by atoms with Crippen LogP contribution in [0.3, 0.4) is 0 Å². The molecule has 1 unspecified atom stereocenters. The fourth-order valence-electron chi connectivity index (χ4n) is 2.94. The lowest BCUT2D eigenvalue weighted by Gasteiger charge is -2.34. The van der Waals surface area contributed by atoms with Gasteiger partial charge in [0.15, 0.2) is 0 Å². The van der Waals surface area contributed by atoms with E-state index in [1.54, 1.807) is 17.1 Å². The zero-order valence-corrected chi connectivity index (χ0v) is 14.9. The van der Waals surface area contributed by atoms with Crippen LogP contribution >= 0.6 is 15.9 Å². The minimum absolute atomic E-state index is 0.113. The quantitative estimate of drug-likeness (QED) is 0.890. The molecule has 122 valence electrons. The average molecular weight is 378 g/mol. The van der Waals surface area contributed by atoms with Gasteiger partial charge in [-0.15, -0.1) is 0 Å². The number of aromatic nitrogens is 3. The van der Waals surface area contributed by atoms with Crippen molar-refractivity contribution in [1.82, 2.24) is 19.9 Å². The van der Waals surface area contributed by atoms with Crippen molar-refractivity contribution in [3.8, 4) is 0 Å². The largest absolute Gasteiger partial charge is 0.354 e. The van der Waals surface area contributed by atoms with Gasteiger partial charge < -0.3 is 14.8 Å². The van der Waals surface area contributed by atoms with Crippen LogP contribution in [0.1, 0.15) is 28.9 Å². The zero-order chi connectivity index (χ0) is 16.4. The van der Waals surface area contributed by atoms with Crippen molar-refractivity contribution in [2.75, 3.05) is 18.0 Å². The summed E-state index contributed by atoms with van der Waals surface area (Å²) in [6, 6.07) is 2.18. The zero-order valence-electron chi connectivity index (χ0n) is 13.3. The molecule has 7 heteroatoms. The minimum Gasteiger partial charge on any atom is -0.354 e. The van der Waals surface area contributed by atoms with Gasteiger partial charge in [-0.2, -0.15) is 0 Å². The average Bonchev–Trinajstić information content (AvgIpc) is 2.94. The molecule has 6 nitrogen and oxygen atoms in total. The van der Waals surface area contributed by atoms with E-state index in [-0.39, 0.29) is 11.9 Å². The number of aryl methyl sites for hydroxylation is 2. The van der Waals surface area contributed by atoms with E-state index in [9.17, 15) is 4.79 Å². The molecule has 1 N–H and O–H groups in total. The number of carbonyl (C=O) groups is 1. The number of rotatable bonds is 3. The number of amides is 1. The SMILES string of the molecule is Cc1cc(Br)cnc1N1CCCC(NC(=O)c2cn(C)cn2)C1. The van der Waals surface area contributed by atoms with E-state index in [4.69, 9.17) is 0 Å². The summed E-state index contributed by atoms with van der Waals surface area (Å²) in [6.07, 6.45) is 7.20. The van der Waals surface area contributed by atoms with Crippen molar-refractivity contribution >= 4 is 27.7 Å². The molecular formula is C16H20BrN5O. The predicted octanol–water partition coefficient (Wildman–Crippen LogP) is 2.28. The Kier molecular flexibility index (Phi) is 4.66. The molecule has 2 aromatic rings. The molecule has 0 radical (unpaired) electrons. The highest BCUT2D eigenvalue weighted by atomic mass is 79.9. The molecule has 0 saturated carbocycles. The molecule has 1 fully saturated rings. The predicted molar refractivity (Wildman–Crippen MR) is 92.6 cm³/mol. The number of anilines is 1. The van der Waals surface area contributed by atoms with Crippen molar-refractivity contribution < 1.29 is 4.79 Å². The molecule has 3 rings (SSSR count). The van der Waals surface area contributed by atoms with Crippen molar-refractivity contribution in [2.45, 2.75) is 25.8 Å². The van der Waals surface area contributed by atoms with Gasteiger partial charge in [0.05, 0.1) is 6.33 Å². The highest BCUT2D eigenvalue weighted by molar-refractivity contribution is 9.10. The maximum absolute atomic E-state index is 12.3. The summed E-state index contributed by atoms with van der Waals surface area (Å²) in [7, 11) is 1.86. The van der Waals surface area contributed by atoms with Crippen LogP contribution in [-0.4, -0.2) is 39.6 Å². The molecule has 1 atom stereocenters. The smallest absolute Gasteiger partial charge is 0.271 e. The number of imidazole rings is 1. The molecular weight excluding hydrogens is 358 g/mol. The number of halogens is 1. The summed E-state index contributed by atoms with van der Waals surface area (Å²) < 4.78 is 2.76. The first kappa shape index (κ1) is 16.0. The van der Waals surface area contributed by atoms with Gasteiger partial charge in [0.2, 0.25) is 0 Å². The molecule has 0 aromatic carbocycles. The first-order valence-electron chi connectivity index (χ1n) is 7.69. The molecule has 3 heterocycles. The number of nitrogens with zero attached hydrogens (tertiary/aromatic N) is 4. The third-order valence-corrected chi connectivity index (χ3v) is 4.44. The van der Waals surface area contributed by atoms with E-state index in [0.29, 0.717) is 5.69 Å². The van der Waals surface area contributed by atoms with Gasteiger partial charge >= 0.3 is 0 Å². The topological polar surface area (TPSA) is 63.1 Å². The monoisotopic (exact) mass is 377 g/mol. The molecule has 1 saturated heterocycles. The van der Waals surface area contributed by atoms with Crippen LogP contribution in [-0.2, 0) is 7.05 Å². The van der Waals surface area contributed by atoms with Gasteiger partial charge in [-0.25, -0.2) is 9.97 Å². The fourth-order valence-corrected chi connectivity index (χ4v) is 3.39. The second kappa shape index (κ2) is 6.70. The van der Waals surface area contributed by atoms with Gasteiger partial charge in [-0.05, 0) is 47.3 Å². The summed E-state index contributed by atoms with van der Waals surface area (Å²) in [4.78, 5) is 23.1. The lowest BCUT2D eigenvalue weighted by Crippen LogP contribution is -2.48. The van der Waals surface area contributed by atoms with Crippen LogP contribution in [0.4, 0.5) is 5.82 Å². The van der Waals surface area contributed by atoms with Crippen LogP contribution < -0.4 is 10.2 Å². The summed E-state index contributed by atoms with van der Waals surface area (Å²) in [6.45, 7) is 3.79. The Hall–Kier alpha value is -1.89. The van der Waals surface area contributed by atoms with E-state index in [2.05, 4.69) is 49.1 Å². The van der Waals surface area contributed by atoms with Crippen molar-refractivity contribution in [3.05, 3.63) is 40.5 Å². The van der Waals surface area contributed by atoms with E-state index < -0.39 is 0 Å². The maximum atomic E-state index is 12.3. The highest BCUT2D eigenvalue weighted by Crippen LogP contribution is 2.24. The van der Waals surface area contributed by atoms with Crippen LogP contribution in [0.25, 0.3) is 0 Å². The Morgan fingerprint density at radius 3 is 2.96 bits per heavy atom. The highest BCUT2D eigenvalue weighted by Gasteiger charge is 2.24. The third-order valence-electron chi connectivity index (χ3n) is 4.01. The van der Waals surface area contributed by atoms with E-state index in [1.807, 2.05) is 13.2 Å². The lowest BCUT2D eigenvalue weighted by molar-refractivity contribution is 0.0928. The van der Waals surface area contributed by atoms with Crippen LogP contribution in [0.15, 0.2) is 29.3 Å². The Balaban J connectivity index is 1.67. The number of carbonyl (C=O) groups excluding carboxylic acids is 1. The number of hydrogen-bond acceptors (Lipinski definition) is 4. The van der Waals surface area contributed by atoms with Crippen LogP contribution in [0.5, 0.6) is 0 Å². The molecule has 1 aliphatic rings. The van der Waals surface area contributed by atoms with Gasteiger partial charge in [0, 0.05) is 43.0 Å². The molecule has 1 amide bonds. The molecule has 0 bridgehead atoms. The summed E-state index contributed by atoms with van der Waals surface area (Å²) in [5.41, 5.74) is 1.60. The fraction of sp³-hybridized carbons (Fsp3) is 0.438. The number of pyridine rings is 1. The molecule has 23 heavy (non-hydrogen) atoms. The molecule has 0 spiro atoms. The van der Waals surface area contributed by atoms with Gasteiger partial charge in [-0.3, -0.25) is 4.79 Å². The van der Waals surface area contributed by atoms with Gasteiger partial charge in [0.1, 0.15) is 11.5 Å². The molecule has 1 aliphatic heterocycles. The van der Waals surface area contributed by atoms with Crippen molar-refractivity contribution in [2.24, 2.45) is 7.05 Å². The number of hydrogen-bond donors (Lipinski definition) is 1. The van der Waals surface area contributed by atoms with E-state index in [1.165, 1.54) is 0 Å². The standard InChI is InChI=1S/C16H20BrN5O/c1-11-6-12(17)7-18-15(11)22-5-3-4-13(8-22)20-16(23)14-9-21(2)10-19-14/h6-7,9-10,13H,3-5,8H2,1-2H3,(H,20,23). The van der Waals surface area contributed by atoms with E-state index >= 15 is 0 Å². The minimum atomic E-state index is -0.113. The second-order valence-corrected chi connectivity index (χ2v) is 6.89. The Labute approximate surface area is 144 Å². The lowest BCUT2D eigenvalue weighted by atomic mass is 10.0. The van der Waals surface area contributed by atoms with Crippen molar-refractivity contribution in [3.63, 3.8) is 0 Å². The van der Waals surface area contributed by atoms with Gasteiger partial charge in [0.25, 0.3) is 5.91 Å². The van der Waals surface area contributed by atoms with Crippen LogP contribution in [0.2, 0.25) is 0 Å². The van der Waals surface area contributed by atoms with Gasteiger partial charge in [-0.1, -0.05) is 0 Å². The molecule has 2 aromatic heterocycles. The molecule has 0 aliphatic carbocycles. The third kappa shape index (κ3) is 3.72. The summed E-state index contributed by atoms with van der Waals surface area (Å²) in [5.74, 6) is 0.878. The Morgan fingerprint density at radius 1 is 1.43 bits per heavy atom. The summed E-state index contributed by atoms with van der Waals surface area (Å²) in [5, 5.41) is 3.09. The second-order valence-electron chi connectivity index (χ2n) is 5.98. The Bertz CT molecular complexity index is 714.